The number of allylic oxidation sites excluding steroid dienone is 4. The first kappa shape index (κ1) is 67.8. The predicted molar refractivity (Wildman–Crippen MR) is 305 cm³/mol. The van der Waals surface area contributed by atoms with Crippen molar-refractivity contribution in [1.29, 1.82) is 0 Å². The maximum atomic E-state index is 12.6. The number of aliphatic hydroxyl groups excluding tert-OH is 3. The van der Waals surface area contributed by atoms with E-state index in [1.54, 1.807) is 0 Å². The van der Waals surface area contributed by atoms with Crippen LogP contribution in [-0.4, -0.2) is 46.1 Å². The fraction of sp³-hybridized carbons (Fsp3) is 0.922. The van der Waals surface area contributed by atoms with Gasteiger partial charge in [0.1, 0.15) is 0 Å². The first-order valence-electron chi connectivity index (χ1n) is 31.6. The van der Waals surface area contributed by atoms with E-state index in [1.165, 1.54) is 289 Å². The van der Waals surface area contributed by atoms with Crippen molar-refractivity contribution >= 4 is 5.91 Å². The Balaban J connectivity index is 3.49. The van der Waals surface area contributed by atoms with Gasteiger partial charge in [-0.3, -0.25) is 4.79 Å². The highest BCUT2D eigenvalue weighted by Gasteiger charge is 2.21. The molecular weight excluding hydrogens is 847 g/mol. The third kappa shape index (κ3) is 56.0. The molecule has 1 amide bonds. The van der Waals surface area contributed by atoms with Crippen LogP contribution in [0.25, 0.3) is 0 Å². The normalized spacial score (nSPS) is 13.3. The van der Waals surface area contributed by atoms with Gasteiger partial charge in [0, 0.05) is 0 Å². The third-order valence-electron chi connectivity index (χ3n) is 15.0. The summed E-state index contributed by atoms with van der Waals surface area (Å²) in [6.45, 7) is 4.31. The molecule has 5 heteroatoms. The van der Waals surface area contributed by atoms with Crippen molar-refractivity contribution in [3.8, 4) is 0 Å². The van der Waals surface area contributed by atoms with Gasteiger partial charge in [-0.15, -0.1) is 0 Å². The summed E-state index contributed by atoms with van der Waals surface area (Å²) >= 11 is 0. The van der Waals surface area contributed by atoms with Crippen LogP contribution in [0.2, 0.25) is 0 Å². The Morgan fingerprint density at radius 3 is 0.913 bits per heavy atom. The molecule has 0 bridgehead atoms. The molecule has 0 aliphatic rings. The summed E-state index contributed by atoms with van der Waals surface area (Å²) in [6.07, 6.45) is 76.5. The first-order chi connectivity index (χ1) is 34.0. The van der Waals surface area contributed by atoms with Gasteiger partial charge in [0.25, 0.3) is 0 Å². The zero-order valence-electron chi connectivity index (χ0n) is 47.0. The maximum absolute atomic E-state index is 12.6. The van der Waals surface area contributed by atoms with E-state index < -0.39 is 18.2 Å². The summed E-state index contributed by atoms with van der Waals surface area (Å²) in [7, 11) is 0. The summed E-state index contributed by atoms with van der Waals surface area (Å²) in [5.74, 6) is -0.276. The molecule has 0 aromatic heterocycles. The van der Waals surface area contributed by atoms with Crippen LogP contribution in [0.15, 0.2) is 24.3 Å². The highest BCUT2D eigenvalue weighted by molar-refractivity contribution is 5.76. The Kier molecular flexibility index (Phi) is 58.4. The van der Waals surface area contributed by atoms with Crippen molar-refractivity contribution in [3.05, 3.63) is 24.3 Å². The van der Waals surface area contributed by atoms with Crippen molar-refractivity contribution in [2.45, 2.75) is 372 Å². The van der Waals surface area contributed by atoms with Gasteiger partial charge in [-0.25, -0.2) is 0 Å². The fourth-order valence-electron chi connectivity index (χ4n) is 10.2. The number of amides is 1. The predicted octanol–water partition coefficient (Wildman–Crippen LogP) is 20.0. The number of nitrogens with one attached hydrogen (secondary N) is 1. The molecule has 410 valence electrons. The number of hydrogen-bond donors (Lipinski definition) is 4. The largest absolute Gasteiger partial charge is 0.394 e. The van der Waals surface area contributed by atoms with Gasteiger partial charge in [-0.2, -0.15) is 0 Å². The Labute approximate surface area is 432 Å². The maximum Gasteiger partial charge on any atom is 0.222 e. The second-order valence-corrected chi connectivity index (χ2v) is 22.0. The van der Waals surface area contributed by atoms with E-state index in [-0.39, 0.29) is 18.9 Å². The highest BCUT2D eigenvalue weighted by atomic mass is 16.3. The molecule has 0 aromatic rings. The van der Waals surface area contributed by atoms with Crippen molar-refractivity contribution < 1.29 is 20.1 Å². The van der Waals surface area contributed by atoms with Gasteiger partial charge in [0.05, 0.1) is 31.3 Å². The van der Waals surface area contributed by atoms with E-state index in [9.17, 15) is 20.1 Å². The van der Waals surface area contributed by atoms with Crippen molar-refractivity contribution in [2.24, 2.45) is 0 Å². The average molecular weight is 973 g/mol. The first-order valence-corrected chi connectivity index (χ1v) is 31.6. The quantitative estimate of drug-likeness (QED) is 0.0361. The number of carbonyl (C=O) groups excluding carboxylic acids is 1. The molecule has 0 heterocycles. The minimum Gasteiger partial charge on any atom is -0.394 e. The number of carbonyl (C=O) groups is 1. The fourth-order valence-corrected chi connectivity index (χ4v) is 10.2. The lowest BCUT2D eigenvalue weighted by Crippen LogP contribution is -2.46. The van der Waals surface area contributed by atoms with Gasteiger partial charge in [-0.1, -0.05) is 327 Å². The van der Waals surface area contributed by atoms with Crippen molar-refractivity contribution in [2.75, 3.05) is 6.61 Å². The van der Waals surface area contributed by atoms with E-state index in [1.807, 2.05) is 0 Å². The minimum atomic E-state index is -0.749. The molecule has 5 nitrogen and oxygen atoms in total. The molecule has 3 atom stereocenters. The Hall–Kier alpha value is -1.17. The molecule has 3 unspecified atom stereocenters. The van der Waals surface area contributed by atoms with E-state index >= 15 is 0 Å². The summed E-state index contributed by atoms with van der Waals surface area (Å²) < 4.78 is 0. The average Bonchev–Trinajstić information content (AvgIpc) is 3.35. The molecule has 4 N–H and O–H groups in total. The Bertz CT molecular complexity index is 1030. The lowest BCUT2D eigenvalue weighted by atomic mass is 10.0. The van der Waals surface area contributed by atoms with E-state index in [0.717, 1.165) is 32.1 Å². The number of hydrogen-bond acceptors (Lipinski definition) is 4. The monoisotopic (exact) mass is 972 g/mol. The van der Waals surface area contributed by atoms with Gasteiger partial charge in [0.2, 0.25) is 5.91 Å². The number of rotatable bonds is 59. The molecule has 0 fully saturated rings. The molecule has 0 radical (unpaired) electrons. The molecule has 0 aliphatic heterocycles. The summed E-state index contributed by atoms with van der Waals surface area (Å²) in [5.41, 5.74) is 0. The number of unbranched alkanes of at least 4 members (excludes halogenated alkanes) is 46. The van der Waals surface area contributed by atoms with Crippen molar-refractivity contribution in [1.82, 2.24) is 5.32 Å². The van der Waals surface area contributed by atoms with Crippen LogP contribution < -0.4 is 5.32 Å². The molecule has 0 rings (SSSR count). The van der Waals surface area contributed by atoms with Gasteiger partial charge in [-0.05, 0) is 44.9 Å². The third-order valence-corrected chi connectivity index (χ3v) is 15.0. The summed E-state index contributed by atoms with van der Waals surface area (Å²) in [6, 6.07) is -0.658. The number of aliphatic hydroxyl groups is 3. The van der Waals surface area contributed by atoms with Crippen LogP contribution in [0.4, 0.5) is 0 Å². The zero-order valence-corrected chi connectivity index (χ0v) is 47.0. The second-order valence-electron chi connectivity index (χ2n) is 22.0. The van der Waals surface area contributed by atoms with Crippen LogP contribution in [0.5, 0.6) is 0 Å². The molecule has 0 aliphatic carbocycles. The second kappa shape index (κ2) is 59.4. The molecule has 69 heavy (non-hydrogen) atoms. The molecule has 0 aromatic carbocycles. The topological polar surface area (TPSA) is 89.8 Å². The van der Waals surface area contributed by atoms with E-state index in [0.29, 0.717) is 12.8 Å². The highest BCUT2D eigenvalue weighted by Crippen LogP contribution is 2.19. The van der Waals surface area contributed by atoms with Crippen molar-refractivity contribution in [3.63, 3.8) is 0 Å². The Morgan fingerprint density at radius 2 is 0.623 bits per heavy atom. The van der Waals surface area contributed by atoms with Gasteiger partial charge in [0.15, 0.2) is 0 Å². The smallest absolute Gasteiger partial charge is 0.222 e. The summed E-state index contributed by atoms with van der Waals surface area (Å²) in [5, 5.41) is 33.7. The van der Waals surface area contributed by atoms with E-state index in [2.05, 4.69) is 43.5 Å². The standard InChI is InChI=1S/C64H125NO4/c1-3-5-7-9-11-13-15-17-19-21-23-25-27-28-29-30-31-32-33-34-36-37-39-41-43-45-47-49-51-53-55-57-61(67)59-64(69)65-62(60-66)63(68)58-56-54-52-50-48-46-44-42-40-38-35-26-24-22-20-18-16-14-12-10-8-6-4-2/h23,25,28-29,61-63,66-68H,3-22,24,26-27,30-60H2,1-2H3,(H,65,69)/b25-23-,29-28-. The van der Waals surface area contributed by atoms with Crippen LogP contribution in [0.1, 0.15) is 354 Å². The van der Waals surface area contributed by atoms with Gasteiger partial charge < -0.3 is 20.6 Å². The molecular formula is C64H125NO4. The zero-order chi connectivity index (χ0) is 50.0. The lowest BCUT2D eigenvalue weighted by Gasteiger charge is -2.23. The van der Waals surface area contributed by atoms with Crippen LogP contribution in [-0.2, 0) is 4.79 Å². The summed E-state index contributed by atoms with van der Waals surface area (Å²) in [4.78, 5) is 12.6. The van der Waals surface area contributed by atoms with Crippen LogP contribution in [0, 0.1) is 0 Å². The Morgan fingerprint density at radius 1 is 0.362 bits per heavy atom. The molecule has 0 saturated carbocycles. The molecule has 0 saturated heterocycles. The molecule has 0 spiro atoms. The van der Waals surface area contributed by atoms with Crippen LogP contribution in [0.3, 0.4) is 0 Å². The lowest BCUT2D eigenvalue weighted by molar-refractivity contribution is -0.125. The van der Waals surface area contributed by atoms with Gasteiger partial charge >= 0.3 is 0 Å². The SMILES string of the molecule is CCCCCCCCCCC/C=C\C/C=C\CCCCCCCCCCCCCCCCCC(O)CC(=O)NC(CO)C(O)CCCCCCCCCCCCCCCCCCCCCCCCC. The minimum absolute atomic E-state index is 0.0397. The van der Waals surface area contributed by atoms with E-state index in [4.69, 9.17) is 0 Å². The van der Waals surface area contributed by atoms with Crippen LogP contribution >= 0.6 is 0 Å².